The Morgan fingerprint density at radius 2 is 2.19 bits per heavy atom. The van der Waals surface area contributed by atoms with Crippen molar-refractivity contribution in [1.82, 2.24) is 15.0 Å². The van der Waals surface area contributed by atoms with E-state index < -0.39 is 13.0 Å². The Kier molecular flexibility index (Phi) is 5.60. The quantitative estimate of drug-likeness (QED) is 0.850. The van der Waals surface area contributed by atoms with Gasteiger partial charge in [0, 0.05) is 17.1 Å². The Labute approximate surface area is 125 Å². The lowest BCUT2D eigenvalue weighted by atomic mass is 10.2. The van der Waals surface area contributed by atoms with Crippen molar-refractivity contribution in [3.63, 3.8) is 0 Å². The molecule has 0 aliphatic rings. The summed E-state index contributed by atoms with van der Waals surface area (Å²) in [5.74, 6) is 0.549. The minimum absolute atomic E-state index is 0.0540. The molecule has 1 N–H and O–H groups in total. The number of benzene rings is 1. The molecular formula is C13H14ClF2N3O2. The first-order valence-corrected chi connectivity index (χ1v) is 6.66. The molecular weight excluding hydrogens is 304 g/mol. The molecule has 0 radical (unpaired) electrons. The summed E-state index contributed by atoms with van der Waals surface area (Å²) in [5.41, 5.74) is 0.681. The monoisotopic (exact) mass is 317 g/mol. The van der Waals surface area contributed by atoms with Crippen LogP contribution in [0.25, 0.3) is 11.4 Å². The zero-order valence-electron chi connectivity index (χ0n) is 11.0. The minimum Gasteiger partial charge on any atom is -0.395 e. The minimum atomic E-state index is -2.49. The predicted molar refractivity (Wildman–Crippen MR) is 73.1 cm³/mol. The van der Waals surface area contributed by atoms with Crippen LogP contribution in [0.5, 0.6) is 0 Å². The molecule has 0 aliphatic heterocycles. The van der Waals surface area contributed by atoms with E-state index in [4.69, 9.17) is 21.2 Å². The average molecular weight is 318 g/mol. The highest BCUT2D eigenvalue weighted by Gasteiger charge is 2.16. The number of hydrogen-bond donors (Lipinski definition) is 1. The molecule has 0 saturated carbocycles. The van der Waals surface area contributed by atoms with E-state index in [1.807, 2.05) is 0 Å². The Morgan fingerprint density at radius 1 is 1.38 bits per heavy atom. The Balaban J connectivity index is 2.08. The van der Waals surface area contributed by atoms with Gasteiger partial charge in [-0.2, -0.15) is 4.98 Å². The van der Waals surface area contributed by atoms with Crippen LogP contribution in [0.3, 0.4) is 0 Å². The van der Waals surface area contributed by atoms with Crippen molar-refractivity contribution in [1.29, 1.82) is 0 Å². The molecule has 1 aromatic heterocycles. The maximum Gasteiger partial charge on any atom is 0.251 e. The van der Waals surface area contributed by atoms with Crippen LogP contribution >= 0.6 is 11.6 Å². The third kappa shape index (κ3) is 4.73. The lowest BCUT2D eigenvalue weighted by Gasteiger charge is -2.18. The van der Waals surface area contributed by atoms with Crippen LogP contribution in [0.2, 0.25) is 5.02 Å². The topological polar surface area (TPSA) is 62.4 Å². The van der Waals surface area contributed by atoms with Crippen molar-refractivity contribution in [3.8, 4) is 11.4 Å². The standard InChI is InChI=1S/C13H14ClF2N3O2/c14-10-3-1-2-9(6-10)13-17-12(21-18-13)8-19(4-5-20)7-11(15)16/h1-3,6,11,20H,4-5,7-8H2. The van der Waals surface area contributed by atoms with Gasteiger partial charge in [0.1, 0.15) is 0 Å². The Hall–Kier alpha value is -1.57. The van der Waals surface area contributed by atoms with E-state index in [-0.39, 0.29) is 25.6 Å². The number of nitrogens with zero attached hydrogens (tertiary/aromatic N) is 3. The zero-order valence-corrected chi connectivity index (χ0v) is 11.8. The number of aliphatic hydroxyl groups is 1. The van der Waals surface area contributed by atoms with Gasteiger partial charge in [0.05, 0.1) is 19.7 Å². The van der Waals surface area contributed by atoms with E-state index in [1.54, 1.807) is 24.3 Å². The molecule has 0 spiro atoms. The van der Waals surface area contributed by atoms with Gasteiger partial charge in [0.25, 0.3) is 6.43 Å². The highest BCUT2D eigenvalue weighted by Crippen LogP contribution is 2.20. The summed E-state index contributed by atoms with van der Waals surface area (Å²) in [4.78, 5) is 5.49. The first-order valence-electron chi connectivity index (χ1n) is 6.28. The van der Waals surface area contributed by atoms with Crippen LogP contribution in [0.15, 0.2) is 28.8 Å². The fourth-order valence-electron chi connectivity index (χ4n) is 1.83. The Morgan fingerprint density at radius 3 is 2.86 bits per heavy atom. The smallest absolute Gasteiger partial charge is 0.251 e. The maximum atomic E-state index is 12.4. The van der Waals surface area contributed by atoms with Crippen molar-refractivity contribution in [2.24, 2.45) is 0 Å². The molecule has 1 heterocycles. The SMILES string of the molecule is OCCN(Cc1nc(-c2cccc(Cl)c2)no1)CC(F)F. The second-order valence-corrected chi connectivity index (χ2v) is 4.81. The average Bonchev–Trinajstić information content (AvgIpc) is 2.87. The number of rotatable bonds is 7. The molecule has 21 heavy (non-hydrogen) atoms. The first kappa shape index (κ1) is 15.8. The van der Waals surface area contributed by atoms with E-state index in [2.05, 4.69) is 10.1 Å². The van der Waals surface area contributed by atoms with Gasteiger partial charge in [-0.05, 0) is 12.1 Å². The van der Waals surface area contributed by atoms with Gasteiger partial charge in [-0.15, -0.1) is 0 Å². The lowest BCUT2D eigenvalue weighted by molar-refractivity contribution is 0.0692. The molecule has 8 heteroatoms. The van der Waals surface area contributed by atoms with E-state index in [1.165, 1.54) is 4.90 Å². The predicted octanol–water partition coefficient (Wildman–Crippen LogP) is 2.45. The highest BCUT2D eigenvalue weighted by atomic mass is 35.5. The van der Waals surface area contributed by atoms with Crippen molar-refractivity contribution in [2.45, 2.75) is 13.0 Å². The van der Waals surface area contributed by atoms with Gasteiger partial charge >= 0.3 is 0 Å². The van der Waals surface area contributed by atoms with Crippen LogP contribution in [0.4, 0.5) is 8.78 Å². The molecule has 1 aromatic carbocycles. The van der Waals surface area contributed by atoms with Crippen molar-refractivity contribution >= 4 is 11.6 Å². The van der Waals surface area contributed by atoms with Crippen molar-refractivity contribution in [3.05, 3.63) is 35.2 Å². The van der Waals surface area contributed by atoms with Crippen LogP contribution in [0, 0.1) is 0 Å². The van der Waals surface area contributed by atoms with Gasteiger partial charge in [-0.25, -0.2) is 8.78 Å². The molecule has 0 aliphatic carbocycles. The summed E-state index contributed by atoms with van der Waals surface area (Å²) in [6, 6.07) is 6.92. The highest BCUT2D eigenvalue weighted by molar-refractivity contribution is 6.30. The molecule has 5 nitrogen and oxygen atoms in total. The number of hydrogen-bond acceptors (Lipinski definition) is 5. The fourth-order valence-corrected chi connectivity index (χ4v) is 2.02. The fraction of sp³-hybridized carbons (Fsp3) is 0.385. The Bertz CT molecular complexity index is 580. The van der Waals surface area contributed by atoms with Gasteiger partial charge in [0.2, 0.25) is 11.7 Å². The van der Waals surface area contributed by atoms with E-state index in [0.29, 0.717) is 16.4 Å². The zero-order chi connectivity index (χ0) is 15.2. The van der Waals surface area contributed by atoms with E-state index in [0.717, 1.165) is 0 Å². The van der Waals surface area contributed by atoms with Crippen LogP contribution < -0.4 is 0 Å². The second kappa shape index (κ2) is 7.44. The summed E-state index contributed by atoms with van der Waals surface area (Å²) >= 11 is 5.88. The summed E-state index contributed by atoms with van der Waals surface area (Å²) < 4.78 is 29.9. The molecule has 2 rings (SSSR count). The molecule has 0 saturated heterocycles. The third-order valence-corrected chi connectivity index (χ3v) is 2.96. The molecule has 0 fully saturated rings. The van der Waals surface area contributed by atoms with Gasteiger partial charge < -0.3 is 9.63 Å². The van der Waals surface area contributed by atoms with Crippen molar-refractivity contribution < 1.29 is 18.4 Å². The molecule has 0 amide bonds. The third-order valence-electron chi connectivity index (χ3n) is 2.72. The molecule has 0 unspecified atom stereocenters. The normalized spacial score (nSPS) is 11.5. The van der Waals surface area contributed by atoms with Gasteiger partial charge in [-0.1, -0.05) is 28.9 Å². The number of aromatic nitrogens is 2. The van der Waals surface area contributed by atoms with E-state index in [9.17, 15) is 8.78 Å². The first-order chi connectivity index (χ1) is 10.1. The summed E-state index contributed by atoms with van der Waals surface area (Å²) in [6.45, 7) is -0.519. The second-order valence-electron chi connectivity index (χ2n) is 4.37. The van der Waals surface area contributed by atoms with Crippen molar-refractivity contribution in [2.75, 3.05) is 19.7 Å². The largest absolute Gasteiger partial charge is 0.395 e. The molecule has 114 valence electrons. The number of aliphatic hydroxyl groups excluding tert-OH is 1. The maximum absolute atomic E-state index is 12.4. The van der Waals surface area contributed by atoms with Crippen LogP contribution in [0.1, 0.15) is 5.89 Å². The van der Waals surface area contributed by atoms with Crippen LogP contribution in [-0.2, 0) is 6.54 Å². The summed E-state index contributed by atoms with van der Waals surface area (Å²) in [7, 11) is 0. The van der Waals surface area contributed by atoms with Crippen LogP contribution in [-0.4, -0.2) is 46.3 Å². The number of alkyl halides is 2. The molecule has 2 aromatic rings. The summed E-state index contributed by atoms with van der Waals surface area (Å²) in [5, 5.41) is 13.2. The molecule has 0 bridgehead atoms. The number of halogens is 3. The van der Waals surface area contributed by atoms with Gasteiger partial charge in [-0.3, -0.25) is 4.90 Å². The lowest BCUT2D eigenvalue weighted by Crippen LogP contribution is -2.31. The van der Waals surface area contributed by atoms with E-state index >= 15 is 0 Å². The van der Waals surface area contributed by atoms with Gasteiger partial charge in [0.15, 0.2) is 0 Å². The summed E-state index contributed by atoms with van der Waals surface area (Å²) in [6.07, 6.45) is -2.49. The molecule has 0 atom stereocenters.